The summed E-state index contributed by atoms with van der Waals surface area (Å²) < 4.78 is 28.1. The highest BCUT2D eigenvalue weighted by Crippen LogP contribution is 2.37. The van der Waals surface area contributed by atoms with Crippen LogP contribution >= 0.6 is 11.8 Å². The highest BCUT2D eigenvalue weighted by molar-refractivity contribution is 8.01. The Morgan fingerprint density at radius 1 is 1.33 bits per heavy atom. The molecule has 1 fully saturated rings. The van der Waals surface area contributed by atoms with Crippen molar-refractivity contribution in [2.45, 2.75) is 50.2 Å². The van der Waals surface area contributed by atoms with Crippen molar-refractivity contribution in [3.63, 3.8) is 0 Å². The first-order chi connectivity index (χ1) is 9.66. The van der Waals surface area contributed by atoms with Gasteiger partial charge in [0.15, 0.2) is 0 Å². The van der Waals surface area contributed by atoms with Gasteiger partial charge in [-0.3, -0.25) is 0 Å². The molecule has 4 nitrogen and oxygen atoms in total. The van der Waals surface area contributed by atoms with Gasteiger partial charge in [0.25, 0.3) is 0 Å². The second kappa shape index (κ2) is 5.82. The summed E-state index contributed by atoms with van der Waals surface area (Å²) in [6.07, 6.45) is 2.20. The molecule has 2 rings (SSSR count). The number of hydrogen-bond donors (Lipinski definition) is 2. The van der Waals surface area contributed by atoms with E-state index in [4.69, 9.17) is 5.73 Å². The Morgan fingerprint density at radius 2 is 2.00 bits per heavy atom. The number of benzene rings is 1. The smallest absolute Gasteiger partial charge is 0.241 e. The highest BCUT2D eigenvalue weighted by Gasteiger charge is 2.32. The Bertz CT molecular complexity index is 648. The number of nitrogens with two attached hydrogens (primary N) is 1. The van der Waals surface area contributed by atoms with E-state index in [-0.39, 0.29) is 4.75 Å². The van der Waals surface area contributed by atoms with E-state index in [9.17, 15) is 8.42 Å². The van der Waals surface area contributed by atoms with Crippen molar-refractivity contribution in [2.24, 2.45) is 0 Å². The molecule has 0 aromatic heterocycles. The lowest BCUT2D eigenvalue weighted by atomic mass is 10.1. The van der Waals surface area contributed by atoms with Crippen molar-refractivity contribution in [3.05, 3.63) is 22.8 Å². The number of nitrogens with one attached hydrogen (secondary N) is 1. The third-order valence-electron chi connectivity index (χ3n) is 4.17. The van der Waals surface area contributed by atoms with E-state index in [2.05, 4.69) is 11.6 Å². The first-order valence-electron chi connectivity index (χ1n) is 7.16. The second-order valence-electron chi connectivity index (χ2n) is 6.10. The van der Waals surface area contributed by atoms with Crippen molar-refractivity contribution in [1.82, 2.24) is 4.72 Å². The van der Waals surface area contributed by atoms with Crippen LogP contribution in [0.4, 0.5) is 5.69 Å². The van der Waals surface area contributed by atoms with Crippen LogP contribution in [0.3, 0.4) is 0 Å². The molecular formula is C15H24N2O2S2. The van der Waals surface area contributed by atoms with Crippen LogP contribution < -0.4 is 10.5 Å². The van der Waals surface area contributed by atoms with Gasteiger partial charge in [0.2, 0.25) is 10.0 Å². The van der Waals surface area contributed by atoms with Gasteiger partial charge in [0.1, 0.15) is 0 Å². The average molecular weight is 329 g/mol. The molecule has 0 saturated carbocycles. The highest BCUT2D eigenvalue weighted by atomic mass is 32.2. The fourth-order valence-corrected chi connectivity index (χ4v) is 5.88. The topological polar surface area (TPSA) is 72.2 Å². The maximum Gasteiger partial charge on any atom is 0.241 e. The maximum absolute atomic E-state index is 12.7. The van der Waals surface area contributed by atoms with Gasteiger partial charge >= 0.3 is 0 Å². The van der Waals surface area contributed by atoms with Crippen LogP contribution in [0.2, 0.25) is 0 Å². The summed E-state index contributed by atoms with van der Waals surface area (Å²) in [6, 6.07) is 1.84. The minimum atomic E-state index is -3.53. The van der Waals surface area contributed by atoms with E-state index in [1.54, 1.807) is 6.92 Å². The minimum absolute atomic E-state index is 0.00508. The number of nitrogen functional groups attached to an aromatic ring is 1. The van der Waals surface area contributed by atoms with E-state index in [0.29, 0.717) is 22.7 Å². The number of aryl methyl sites for hydroxylation is 2. The summed E-state index contributed by atoms with van der Waals surface area (Å²) >= 11 is 1.84. The van der Waals surface area contributed by atoms with Crippen LogP contribution in [0.25, 0.3) is 0 Å². The molecule has 6 heteroatoms. The number of thioether (sulfide) groups is 1. The molecule has 0 amide bonds. The zero-order valence-electron chi connectivity index (χ0n) is 13.1. The summed E-state index contributed by atoms with van der Waals surface area (Å²) in [5, 5.41) is 0. The van der Waals surface area contributed by atoms with Crippen LogP contribution in [0.1, 0.15) is 36.5 Å². The molecule has 1 unspecified atom stereocenters. The predicted molar refractivity (Wildman–Crippen MR) is 90.4 cm³/mol. The summed E-state index contributed by atoms with van der Waals surface area (Å²) in [5.74, 6) is 1.10. The molecule has 0 radical (unpaired) electrons. The lowest BCUT2D eigenvalue weighted by Gasteiger charge is -2.24. The molecule has 21 heavy (non-hydrogen) atoms. The van der Waals surface area contributed by atoms with Gasteiger partial charge in [0, 0.05) is 17.0 Å². The Labute approximate surface area is 131 Å². The molecule has 1 aromatic rings. The van der Waals surface area contributed by atoms with Crippen molar-refractivity contribution in [3.8, 4) is 0 Å². The molecule has 1 saturated heterocycles. The van der Waals surface area contributed by atoms with E-state index < -0.39 is 10.0 Å². The third kappa shape index (κ3) is 3.38. The fraction of sp³-hybridized carbons (Fsp3) is 0.600. The SMILES string of the molecule is Cc1cc(C)c(S(=O)(=O)NCC2(C)CCCS2)c(C)c1N. The van der Waals surface area contributed by atoms with E-state index in [1.165, 1.54) is 0 Å². The summed E-state index contributed by atoms with van der Waals surface area (Å²) in [6.45, 7) is 8.08. The molecule has 3 N–H and O–H groups in total. The van der Waals surface area contributed by atoms with Crippen molar-refractivity contribution in [2.75, 3.05) is 18.0 Å². The van der Waals surface area contributed by atoms with Gasteiger partial charge in [-0.05, 0) is 63.0 Å². The molecule has 1 aliphatic heterocycles. The zero-order chi connectivity index (χ0) is 15.8. The van der Waals surface area contributed by atoms with Gasteiger partial charge in [-0.15, -0.1) is 0 Å². The average Bonchev–Trinajstić information content (AvgIpc) is 2.81. The first kappa shape index (κ1) is 16.6. The lowest BCUT2D eigenvalue weighted by molar-refractivity contribution is 0.551. The van der Waals surface area contributed by atoms with Crippen molar-refractivity contribution >= 4 is 27.5 Å². The van der Waals surface area contributed by atoms with E-state index in [0.717, 1.165) is 29.7 Å². The molecule has 1 aromatic carbocycles. The quantitative estimate of drug-likeness (QED) is 0.834. The molecule has 1 heterocycles. The molecule has 1 aliphatic rings. The monoisotopic (exact) mass is 328 g/mol. The molecule has 1 atom stereocenters. The van der Waals surface area contributed by atoms with Gasteiger partial charge in [-0.2, -0.15) is 11.8 Å². The number of hydrogen-bond acceptors (Lipinski definition) is 4. The maximum atomic E-state index is 12.7. The molecule has 0 bridgehead atoms. The number of anilines is 1. The van der Waals surface area contributed by atoms with E-state index in [1.807, 2.05) is 31.7 Å². The third-order valence-corrected chi connectivity index (χ3v) is 7.39. The van der Waals surface area contributed by atoms with Crippen LogP contribution in [0.5, 0.6) is 0 Å². The zero-order valence-corrected chi connectivity index (χ0v) is 14.7. The Morgan fingerprint density at radius 3 is 2.57 bits per heavy atom. The van der Waals surface area contributed by atoms with E-state index >= 15 is 0 Å². The number of rotatable bonds is 4. The van der Waals surface area contributed by atoms with Gasteiger partial charge < -0.3 is 5.73 Å². The second-order valence-corrected chi connectivity index (χ2v) is 9.49. The summed E-state index contributed by atoms with van der Waals surface area (Å²) in [4.78, 5) is 0.331. The van der Waals surface area contributed by atoms with Gasteiger partial charge in [0.05, 0.1) is 4.90 Å². The Balaban J connectivity index is 2.30. The molecular weight excluding hydrogens is 304 g/mol. The summed E-state index contributed by atoms with van der Waals surface area (Å²) in [7, 11) is -3.53. The van der Waals surface area contributed by atoms with Gasteiger partial charge in [-0.1, -0.05) is 6.07 Å². The molecule has 118 valence electrons. The predicted octanol–water partition coefficient (Wildman–Crippen LogP) is 2.76. The standard InChI is InChI=1S/C15H24N2O2S2/c1-10-8-11(2)14(12(3)13(10)16)21(18,19)17-9-15(4)6-5-7-20-15/h8,17H,5-7,9,16H2,1-4H3. The Hall–Kier alpha value is -0.720. The minimum Gasteiger partial charge on any atom is -0.398 e. The van der Waals surface area contributed by atoms with Gasteiger partial charge in [-0.25, -0.2) is 13.1 Å². The molecule has 0 spiro atoms. The fourth-order valence-electron chi connectivity index (χ4n) is 2.89. The van der Waals surface area contributed by atoms with Crippen LogP contribution in [0.15, 0.2) is 11.0 Å². The largest absolute Gasteiger partial charge is 0.398 e. The van der Waals surface area contributed by atoms with Crippen molar-refractivity contribution < 1.29 is 8.42 Å². The van der Waals surface area contributed by atoms with Crippen molar-refractivity contribution in [1.29, 1.82) is 0 Å². The van der Waals surface area contributed by atoms with Crippen LogP contribution in [0, 0.1) is 20.8 Å². The number of sulfonamides is 1. The molecule has 0 aliphatic carbocycles. The lowest BCUT2D eigenvalue weighted by Crippen LogP contribution is -2.37. The normalized spacial score (nSPS) is 22.7. The van der Waals surface area contributed by atoms with Crippen LogP contribution in [-0.2, 0) is 10.0 Å². The first-order valence-corrected chi connectivity index (χ1v) is 9.63. The Kier molecular flexibility index (Phi) is 4.61. The van der Waals surface area contributed by atoms with Crippen LogP contribution in [-0.4, -0.2) is 25.5 Å². The summed E-state index contributed by atoms with van der Waals surface area (Å²) in [5.41, 5.74) is 8.86.